The van der Waals surface area contributed by atoms with Gasteiger partial charge in [-0.25, -0.2) is 0 Å². The number of aromatic nitrogens is 1. The Morgan fingerprint density at radius 2 is 2.27 bits per heavy atom. The van der Waals surface area contributed by atoms with Gasteiger partial charge in [-0.05, 0) is 13.0 Å². The van der Waals surface area contributed by atoms with Crippen molar-refractivity contribution in [2.45, 2.75) is 19.5 Å². The van der Waals surface area contributed by atoms with Gasteiger partial charge in [-0.1, -0.05) is 0 Å². The molecule has 1 amide bonds. The van der Waals surface area contributed by atoms with Gasteiger partial charge >= 0.3 is 10.1 Å². The number of fused-ring (bicyclic) bond motifs is 1. The molecule has 1 aromatic rings. The molecule has 0 bridgehead atoms. The molecule has 9 heteroatoms. The van der Waals surface area contributed by atoms with Crippen molar-refractivity contribution in [3.8, 4) is 5.88 Å². The number of carbonyl (C=O) groups is 1. The topological polar surface area (TPSA) is 97.8 Å². The number of rotatable bonds is 3. The first-order chi connectivity index (χ1) is 10.3. The molecule has 0 saturated carbocycles. The van der Waals surface area contributed by atoms with E-state index in [9.17, 15) is 13.2 Å². The highest BCUT2D eigenvalue weighted by molar-refractivity contribution is 7.86. The monoisotopic (exact) mass is 327 g/mol. The Bertz CT molecular complexity index is 719. The molecule has 1 atom stereocenters. The fourth-order valence-electron chi connectivity index (χ4n) is 2.60. The van der Waals surface area contributed by atoms with E-state index in [1.165, 1.54) is 0 Å². The van der Waals surface area contributed by atoms with Crippen molar-refractivity contribution in [3.05, 3.63) is 17.2 Å². The highest BCUT2D eigenvalue weighted by Gasteiger charge is 2.29. The zero-order chi connectivity index (χ0) is 15.9. The molecular weight excluding hydrogens is 310 g/mol. The van der Waals surface area contributed by atoms with E-state index in [1.54, 1.807) is 6.07 Å². The number of hydrogen-bond acceptors (Lipinski definition) is 7. The summed E-state index contributed by atoms with van der Waals surface area (Å²) >= 11 is 0. The minimum Gasteiger partial charge on any atom is -0.377 e. The van der Waals surface area contributed by atoms with E-state index in [0.29, 0.717) is 36.7 Å². The average molecular weight is 327 g/mol. The van der Waals surface area contributed by atoms with Crippen LogP contribution in [-0.2, 0) is 21.4 Å². The van der Waals surface area contributed by atoms with Crippen LogP contribution in [0.15, 0.2) is 6.07 Å². The third kappa shape index (κ3) is 2.86. The number of amides is 1. The fourth-order valence-corrected chi connectivity index (χ4v) is 3.02. The Balaban J connectivity index is 2.06. The van der Waals surface area contributed by atoms with Crippen LogP contribution in [0.2, 0.25) is 0 Å². The summed E-state index contributed by atoms with van der Waals surface area (Å²) in [5, 5.41) is 2.66. The van der Waals surface area contributed by atoms with Crippen LogP contribution in [0.3, 0.4) is 0 Å². The Hall–Kier alpha value is -1.87. The Kier molecular flexibility index (Phi) is 3.69. The van der Waals surface area contributed by atoms with E-state index in [4.69, 9.17) is 8.92 Å². The molecule has 0 spiro atoms. The molecule has 0 radical (unpaired) electrons. The highest BCUT2D eigenvalue weighted by atomic mass is 32.2. The molecular formula is C13H17N3O5S. The Morgan fingerprint density at radius 3 is 2.95 bits per heavy atom. The third-order valence-corrected chi connectivity index (χ3v) is 4.10. The van der Waals surface area contributed by atoms with Crippen LogP contribution < -0.4 is 14.4 Å². The van der Waals surface area contributed by atoms with Crippen molar-refractivity contribution >= 4 is 21.8 Å². The number of nitrogens with zero attached hydrogens (tertiary/aromatic N) is 2. The molecule has 3 heterocycles. The highest BCUT2D eigenvalue weighted by Crippen LogP contribution is 2.31. The van der Waals surface area contributed by atoms with E-state index < -0.39 is 10.1 Å². The molecule has 1 N–H and O–H groups in total. The largest absolute Gasteiger partial charge is 0.377 e. The van der Waals surface area contributed by atoms with Crippen molar-refractivity contribution in [2.24, 2.45) is 0 Å². The second-order valence-electron chi connectivity index (χ2n) is 5.40. The van der Waals surface area contributed by atoms with E-state index in [0.717, 1.165) is 6.26 Å². The summed E-state index contributed by atoms with van der Waals surface area (Å²) in [6.45, 7) is 3.91. The van der Waals surface area contributed by atoms with E-state index in [-0.39, 0.29) is 24.4 Å². The lowest BCUT2D eigenvalue weighted by Gasteiger charge is -2.34. The molecule has 2 aliphatic rings. The number of hydrogen-bond donors (Lipinski definition) is 1. The standard InChI is InChI=1S/C13H17N3O5S/c1-8-7-20-4-3-16(8)11-5-9-10(6-14-12(9)17)13(15-11)21-22(2,18)19/h5,8H,3-4,6-7H2,1-2H3,(H,14,17). The number of ether oxygens (including phenoxy) is 1. The number of carbonyl (C=O) groups excluding carboxylic acids is 1. The van der Waals surface area contributed by atoms with Gasteiger partial charge in [0.15, 0.2) is 0 Å². The number of pyridine rings is 1. The van der Waals surface area contributed by atoms with E-state index >= 15 is 0 Å². The van der Waals surface area contributed by atoms with Crippen molar-refractivity contribution in [2.75, 3.05) is 30.9 Å². The lowest BCUT2D eigenvalue weighted by molar-refractivity contribution is 0.0964. The first-order valence-corrected chi connectivity index (χ1v) is 8.73. The van der Waals surface area contributed by atoms with E-state index in [1.807, 2.05) is 11.8 Å². The van der Waals surface area contributed by atoms with Crippen LogP contribution in [-0.4, -0.2) is 51.4 Å². The second kappa shape index (κ2) is 5.40. The van der Waals surface area contributed by atoms with Crippen molar-refractivity contribution in [1.29, 1.82) is 0 Å². The van der Waals surface area contributed by atoms with Gasteiger partial charge in [-0.3, -0.25) is 4.79 Å². The lowest BCUT2D eigenvalue weighted by Crippen LogP contribution is -2.44. The summed E-state index contributed by atoms with van der Waals surface area (Å²) in [6, 6.07) is 1.75. The van der Waals surface area contributed by atoms with Crippen LogP contribution in [0, 0.1) is 0 Å². The van der Waals surface area contributed by atoms with E-state index in [2.05, 4.69) is 10.3 Å². The van der Waals surface area contributed by atoms with Crippen LogP contribution >= 0.6 is 0 Å². The maximum Gasteiger partial charge on any atom is 0.307 e. The van der Waals surface area contributed by atoms with Crippen LogP contribution in [0.25, 0.3) is 0 Å². The molecule has 8 nitrogen and oxygen atoms in total. The van der Waals surface area contributed by atoms with Gasteiger partial charge < -0.3 is 19.1 Å². The summed E-state index contributed by atoms with van der Waals surface area (Å²) in [4.78, 5) is 18.2. The minimum atomic E-state index is -3.72. The molecule has 1 unspecified atom stereocenters. The lowest BCUT2D eigenvalue weighted by atomic mass is 10.1. The molecule has 2 aliphatic heterocycles. The predicted octanol–water partition coefficient (Wildman–Crippen LogP) is -0.111. The van der Waals surface area contributed by atoms with Gasteiger partial charge in [0, 0.05) is 18.7 Å². The van der Waals surface area contributed by atoms with Crippen LogP contribution in [0.4, 0.5) is 5.82 Å². The van der Waals surface area contributed by atoms with Gasteiger partial charge in [0.2, 0.25) is 5.88 Å². The summed E-state index contributed by atoms with van der Waals surface area (Å²) in [5.41, 5.74) is 0.877. The van der Waals surface area contributed by atoms with Gasteiger partial charge in [0.05, 0.1) is 31.1 Å². The molecule has 0 aliphatic carbocycles. The van der Waals surface area contributed by atoms with Gasteiger partial charge in [0.25, 0.3) is 5.91 Å². The Labute approximate surface area is 128 Å². The molecule has 120 valence electrons. The quantitative estimate of drug-likeness (QED) is 0.773. The minimum absolute atomic E-state index is 0.0351. The maximum atomic E-state index is 11.9. The Morgan fingerprint density at radius 1 is 1.50 bits per heavy atom. The second-order valence-corrected chi connectivity index (χ2v) is 6.97. The predicted molar refractivity (Wildman–Crippen MR) is 78.5 cm³/mol. The van der Waals surface area contributed by atoms with Gasteiger partial charge in [-0.2, -0.15) is 13.4 Å². The van der Waals surface area contributed by atoms with Crippen LogP contribution in [0.5, 0.6) is 5.88 Å². The molecule has 0 aromatic carbocycles. The molecule has 1 saturated heterocycles. The average Bonchev–Trinajstić information content (AvgIpc) is 2.80. The molecule has 22 heavy (non-hydrogen) atoms. The summed E-state index contributed by atoms with van der Waals surface area (Å²) in [7, 11) is -3.72. The van der Waals surface area contributed by atoms with Crippen LogP contribution in [0.1, 0.15) is 22.8 Å². The van der Waals surface area contributed by atoms with Crippen molar-refractivity contribution in [3.63, 3.8) is 0 Å². The first kappa shape index (κ1) is 15.0. The molecule has 3 rings (SSSR count). The maximum absolute atomic E-state index is 11.9. The summed E-state index contributed by atoms with van der Waals surface area (Å²) in [5.74, 6) is 0.232. The zero-order valence-corrected chi connectivity index (χ0v) is 13.1. The number of nitrogens with one attached hydrogen (secondary N) is 1. The van der Waals surface area contributed by atoms with Crippen molar-refractivity contribution < 1.29 is 22.1 Å². The SMILES string of the molecule is CC1COCCN1c1cc2c(c(OS(C)(=O)=O)n1)CNC2=O. The fraction of sp³-hybridized carbons (Fsp3) is 0.538. The third-order valence-electron chi connectivity index (χ3n) is 3.64. The zero-order valence-electron chi connectivity index (χ0n) is 12.3. The number of morpholine rings is 1. The molecule has 1 aromatic heterocycles. The summed E-state index contributed by atoms with van der Waals surface area (Å²) in [6.07, 6.45) is 0.954. The first-order valence-electron chi connectivity index (χ1n) is 6.91. The van der Waals surface area contributed by atoms with Gasteiger partial charge in [0.1, 0.15) is 5.82 Å². The molecule has 1 fully saturated rings. The van der Waals surface area contributed by atoms with Gasteiger partial charge in [-0.15, -0.1) is 0 Å². The normalized spacial score (nSPS) is 21.5. The smallest absolute Gasteiger partial charge is 0.307 e. The summed E-state index contributed by atoms with van der Waals surface area (Å²) < 4.78 is 33.2. The number of anilines is 1. The van der Waals surface area contributed by atoms with Crippen molar-refractivity contribution in [1.82, 2.24) is 10.3 Å².